The largest absolute Gasteiger partial charge is 0.354 e. The molecule has 1 atom stereocenters. The van der Waals surface area contributed by atoms with Crippen LogP contribution in [-0.2, 0) is 4.79 Å². The van der Waals surface area contributed by atoms with Crippen molar-refractivity contribution in [2.45, 2.75) is 44.6 Å². The van der Waals surface area contributed by atoms with Gasteiger partial charge in [-0.25, -0.2) is 0 Å². The summed E-state index contributed by atoms with van der Waals surface area (Å²) < 4.78 is 0. The van der Waals surface area contributed by atoms with Gasteiger partial charge < -0.3 is 10.2 Å². The Hall–Kier alpha value is -1.65. The number of carbonyl (C=O) groups excluding carboxylic acids is 1. The zero-order valence-electron chi connectivity index (χ0n) is 11.8. The van der Waals surface area contributed by atoms with E-state index in [0.29, 0.717) is 6.04 Å². The molecule has 1 saturated carbocycles. The lowest BCUT2D eigenvalue weighted by atomic mass is 9.96. The molecule has 1 saturated heterocycles. The molecule has 1 aromatic heterocycles. The van der Waals surface area contributed by atoms with Gasteiger partial charge in [-0.05, 0) is 37.8 Å². The van der Waals surface area contributed by atoms with Crippen LogP contribution in [0, 0.1) is 5.92 Å². The van der Waals surface area contributed by atoms with Crippen LogP contribution in [0.3, 0.4) is 0 Å². The lowest BCUT2D eigenvalue weighted by Gasteiger charge is -2.33. The van der Waals surface area contributed by atoms with Crippen LogP contribution < -0.4 is 10.2 Å². The molecular weight excluding hydrogens is 252 g/mol. The highest BCUT2D eigenvalue weighted by Crippen LogP contribution is 2.23. The zero-order chi connectivity index (χ0) is 13.8. The normalized spacial score (nSPS) is 23.8. The van der Waals surface area contributed by atoms with Crippen LogP contribution in [0.5, 0.6) is 0 Å². The lowest BCUT2D eigenvalue weighted by Crippen LogP contribution is -2.45. The Bertz CT molecular complexity index is 444. The summed E-state index contributed by atoms with van der Waals surface area (Å²) >= 11 is 0. The van der Waals surface area contributed by atoms with Crippen molar-refractivity contribution in [3.05, 3.63) is 18.3 Å². The van der Waals surface area contributed by atoms with Gasteiger partial charge in [0.05, 0.1) is 5.92 Å². The Morgan fingerprint density at radius 3 is 2.85 bits per heavy atom. The van der Waals surface area contributed by atoms with E-state index in [1.165, 1.54) is 12.8 Å². The maximum atomic E-state index is 12.4. The summed E-state index contributed by atoms with van der Waals surface area (Å²) in [6.07, 6.45) is 8.49. The van der Waals surface area contributed by atoms with Crippen molar-refractivity contribution in [2.75, 3.05) is 18.0 Å². The zero-order valence-corrected chi connectivity index (χ0v) is 11.8. The fraction of sp³-hybridized carbons (Fsp3) is 0.667. The highest BCUT2D eigenvalue weighted by molar-refractivity contribution is 5.79. The van der Waals surface area contributed by atoms with E-state index in [-0.39, 0.29) is 11.8 Å². The van der Waals surface area contributed by atoms with Crippen LogP contribution in [0.15, 0.2) is 18.3 Å². The Kier molecular flexibility index (Phi) is 4.14. The topological polar surface area (TPSA) is 58.1 Å². The van der Waals surface area contributed by atoms with Gasteiger partial charge in [-0.3, -0.25) is 4.79 Å². The van der Waals surface area contributed by atoms with Crippen molar-refractivity contribution in [2.24, 2.45) is 5.92 Å². The molecule has 1 aliphatic carbocycles. The number of rotatable bonds is 3. The molecule has 1 amide bonds. The first-order valence-electron chi connectivity index (χ1n) is 7.66. The molecule has 0 unspecified atom stereocenters. The molecule has 2 heterocycles. The number of hydrogen-bond donors (Lipinski definition) is 1. The molecule has 3 rings (SSSR count). The van der Waals surface area contributed by atoms with Crippen LogP contribution in [0.2, 0.25) is 0 Å². The molecule has 108 valence electrons. The van der Waals surface area contributed by atoms with Crippen LogP contribution in [0.1, 0.15) is 38.5 Å². The summed E-state index contributed by atoms with van der Waals surface area (Å²) in [6.45, 7) is 1.73. The van der Waals surface area contributed by atoms with E-state index >= 15 is 0 Å². The third kappa shape index (κ3) is 3.08. The van der Waals surface area contributed by atoms with Gasteiger partial charge in [0.1, 0.15) is 0 Å². The number of nitrogens with zero attached hydrogens (tertiary/aromatic N) is 3. The van der Waals surface area contributed by atoms with E-state index in [0.717, 1.165) is 44.6 Å². The number of nitrogens with one attached hydrogen (secondary N) is 1. The fourth-order valence-corrected chi connectivity index (χ4v) is 3.25. The molecule has 0 radical (unpaired) electrons. The second-order valence-corrected chi connectivity index (χ2v) is 5.86. The minimum atomic E-state index is 0.0892. The molecule has 20 heavy (non-hydrogen) atoms. The van der Waals surface area contributed by atoms with Crippen LogP contribution in [0.25, 0.3) is 0 Å². The number of amides is 1. The standard InChI is InChI=1S/C15H22N4O/c20-15(17-13-6-1-2-7-13)12-5-4-10-19(11-12)14-8-3-9-16-18-14/h3,8-9,12-13H,1-2,4-7,10-11H2,(H,17,20)/t12-/m0/s1. The molecule has 0 aromatic carbocycles. The molecule has 5 heteroatoms. The molecule has 0 spiro atoms. The molecule has 1 aromatic rings. The Labute approximate surface area is 119 Å². The van der Waals surface area contributed by atoms with Crippen molar-refractivity contribution in [3.63, 3.8) is 0 Å². The monoisotopic (exact) mass is 274 g/mol. The predicted molar refractivity (Wildman–Crippen MR) is 77.4 cm³/mol. The highest BCUT2D eigenvalue weighted by atomic mass is 16.2. The van der Waals surface area contributed by atoms with Gasteiger partial charge in [0.2, 0.25) is 5.91 Å². The van der Waals surface area contributed by atoms with Crippen LogP contribution in [0.4, 0.5) is 5.82 Å². The average molecular weight is 274 g/mol. The molecule has 0 bridgehead atoms. The second-order valence-electron chi connectivity index (χ2n) is 5.86. The van der Waals surface area contributed by atoms with Gasteiger partial charge in [0, 0.05) is 25.3 Å². The maximum Gasteiger partial charge on any atom is 0.225 e. The second kappa shape index (κ2) is 6.20. The molecule has 1 aliphatic heterocycles. The number of anilines is 1. The summed E-state index contributed by atoms with van der Waals surface area (Å²) in [5.74, 6) is 1.20. The first-order valence-corrected chi connectivity index (χ1v) is 7.66. The van der Waals surface area contributed by atoms with Crippen molar-refractivity contribution in [1.82, 2.24) is 15.5 Å². The van der Waals surface area contributed by atoms with Gasteiger partial charge in [-0.2, -0.15) is 5.10 Å². The highest BCUT2D eigenvalue weighted by Gasteiger charge is 2.28. The first-order chi connectivity index (χ1) is 9.83. The number of aromatic nitrogens is 2. The van der Waals surface area contributed by atoms with Crippen LogP contribution in [-0.4, -0.2) is 35.2 Å². The van der Waals surface area contributed by atoms with E-state index in [4.69, 9.17) is 0 Å². The third-order valence-electron chi connectivity index (χ3n) is 4.38. The minimum absolute atomic E-state index is 0.0892. The van der Waals surface area contributed by atoms with E-state index < -0.39 is 0 Å². The first kappa shape index (κ1) is 13.3. The summed E-state index contributed by atoms with van der Waals surface area (Å²) in [7, 11) is 0. The van der Waals surface area contributed by atoms with Crippen LogP contribution >= 0.6 is 0 Å². The van der Waals surface area contributed by atoms with Gasteiger partial charge in [-0.15, -0.1) is 5.10 Å². The summed E-state index contributed by atoms with van der Waals surface area (Å²) in [5, 5.41) is 11.3. The summed E-state index contributed by atoms with van der Waals surface area (Å²) in [4.78, 5) is 14.5. The fourth-order valence-electron chi connectivity index (χ4n) is 3.25. The Morgan fingerprint density at radius 2 is 2.10 bits per heavy atom. The number of hydrogen-bond acceptors (Lipinski definition) is 4. The Morgan fingerprint density at radius 1 is 1.25 bits per heavy atom. The van der Waals surface area contributed by atoms with E-state index in [1.54, 1.807) is 6.20 Å². The maximum absolute atomic E-state index is 12.4. The van der Waals surface area contributed by atoms with Gasteiger partial charge in [0.25, 0.3) is 0 Å². The molecule has 2 fully saturated rings. The van der Waals surface area contributed by atoms with Crippen molar-refractivity contribution < 1.29 is 4.79 Å². The molecule has 5 nitrogen and oxygen atoms in total. The summed E-state index contributed by atoms with van der Waals surface area (Å²) in [5.41, 5.74) is 0. The third-order valence-corrected chi connectivity index (χ3v) is 4.38. The van der Waals surface area contributed by atoms with E-state index in [1.807, 2.05) is 12.1 Å². The average Bonchev–Trinajstić information content (AvgIpc) is 3.01. The van der Waals surface area contributed by atoms with E-state index in [9.17, 15) is 4.79 Å². The van der Waals surface area contributed by atoms with Crippen molar-refractivity contribution >= 4 is 11.7 Å². The quantitative estimate of drug-likeness (QED) is 0.912. The van der Waals surface area contributed by atoms with Crippen molar-refractivity contribution in [1.29, 1.82) is 0 Å². The summed E-state index contributed by atoms with van der Waals surface area (Å²) in [6, 6.07) is 4.27. The minimum Gasteiger partial charge on any atom is -0.354 e. The predicted octanol–water partition coefficient (Wildman–Crippen LogP) is 1.75. The van der Waals surface area contributed by atoms with Gasteiger partial charge in [0.15, 0.2) is 5.82 Å². The van der Waals surface area contributed by atoms with Gasteiger partial charge >= 0.3 is 0 Å². The molecular formula is C15H22N4O. The Balaban J connectivity index is 1.58. The number of piperidine rings is 1. The lowest BCUT2D eigenvalue weighted by molar-refractivity contribution is -0.125. The molecule has 1 N–H and O–H groups in total. The van der Waals surface area contributed by atoms with E-state index in [2.05, 4.69) is 20.4 Å². The SMILES string of the molecule is O=C(NC1CCCC1)[C@H]1CCCN(c2cccnn2)C1. The molecule has 2 aliphatic rings. The van der Waals surface area contributed by atoms with Crippen molar-refractivity contribution in [3.8, 4) is 0 Å². The smallest absolute Gasteiger partial charge is 0.225 e. The number of carbonyl (C=O) groups is 1. The van der Waals surface area contributed by atoms with Gasteiger partial charge in [-0.1, -0.05) is 12.8 Å².